The predicted octanol–water partition coefficient (Wildman–Crippen LogP) is 2.91. The molecule has 1 aromatic rings. The van der Waals surface area contributed by atoms with Gasteiger partial charge in [-0.25, -0.2) is 9.59 Å². The Balaban J connectivity index is 2.71. The molecule has 0 saturated heterocycles. The van der Waals surface area contributed by atoms with Crippen LogP contribution in [0.4, 0.5) is 10.5 Å². The molecular weight excluding hydrogens is 359 g/mol. The quantitative estimate of drug-likeness (QED) is 0.710. The Kier molecular flexibility index (Phi) is 5.16. The number of carboxylic acids is 1. The molecule has 5 nitrogen and oxygen atoms in total. The molecule has 19 heavy (non-hydrogen) atoms. The van der Waals surface area contributed by atoms with Crippen molar-refractivity contribution in [2.45, 2.75) is 26.8 Å². The lowest BCUT2D eigenvalue weighted by Crippen LogP contribution is -2.50. The number of aliphatic carboxylic acids is 1. The second kappa shape index (κ2) is 6.23. The molecule has 0 aliphatic rings. The van der Waals surface area contributed by atoms with E-state index >= 15 is 0 Å². The van der Waals surface area contributed by atoms with Gasteiger partial charge in [0, 0.05) is 9.26 Å². The molecular formula is C13H17IN2O3. The van der Waals surface area contributed by atoms with Crippen LogP contribution in [0.2, 0.25) is 0 Å². The van der Waals surface area contributed by atoms with Crippen LogP contribution in [0.25, 0.3) is 0 Å². The van der Waals surface area contributed by atoms with Crippen LogP contribution in [0.1, 0.15) is 20.8 Å². The molecule has 0 aliphatic heterocycles. The minimum atomic E-state index is -1.05. The van der Waals surface area contributed by atoms with Crippen molar-refractivity contribution in [2.75, 3.05) is 5.32 Å². The highest BCUT2D eigenvalue weighted by Crippen LogP contribution is 2.19. The normalized spacial score (nSPS) is 12.6. The van der Waals surface area contributed by atoms with E-state index in [1.54, 1.807) is 32.9 Å². The maximum atomic E-state index is 11.8. The van der Waals surface area contributed by atoms with Crippen molar-refractivity contribution in [1.82, 2.24) is 5.32 Å². The summed E-state index contributed by atoms with van der Waals surface area (Å²) in [4.78, 5) is 22.9. The average Bonchev–Trinajstić information content (AvgIpc) is 2.24. The molecule has 0 aromatic heterocycles. The topological polar surface area (TPSA) is 78.4 Å². The van der Waals surface area contributed by atoms with Crippen LogP contribution in [-0.4, -0.2) is 23.1 Å². The largest absolute Gasteiger partial charge is 0.480 e. The zero-order chi connectivity index (χ0) is 14.6. The Morgan fingerprint density at radius 1 is 1.32 bits per heavy atom. The first kappa shape index (κ1) is 15.7. The van der Waals surface area contributed by atoms with Crippen molar-refractivity contribution in [1.29, 1.82) is 0 Å². The summed E-state index contributed by atoms with van der Waals surface area (Å²) in [7, 11) is 0. The number of nitrogens with one attached hydrogen (secondary N) is 2. The molecule has 0 saturated carbocycles. The van der Waals surface area contributed by atoms with E-state index in [4.69, 9.17) is 5.11 Å². The highest BCUT2D eigenvalue weighted by atomic mass is 127. The van der Waals surface area contributed by atoms with Gasteiger partial charge in [0.25, 0.3) is 0 Å². The zero-order valence-electron chi connectivity index (χ0n) is 11.0. The van der Waals surface area contributed by atoms with Crippen LogP contribution in [0.15, 0.2) is 24.3 Å². The van der Waals surface area contributed by atoms with E-state index in [1.165, 1.54) is 0 Å². The third kappa shape index (κ3) is 5.06. The molecule has 0 spiro atoms. The Labute approximate surface area is 125 Å². The van der Waals surface area contributed by atoms with E-state index in [-0.39, 0.29) is 0 Å². The summed E-state index contributed by atoms with van der Waals surface area (Å²) in [5.41, 5.74) is 0.0660. The summed E-state index contributed by atoms with van der Waals surface area (Å²) in [5, 5.41) is 14.2. The number of carbonyl (C=O) groups excluding carboxylic acids is 1. The molecule has 0 bridgehead atoms. The fourth-order valence-corrected chi connectivity index (χ4v) is 2.06. The predicted molar refractivity (Wildman–Crippen MR) is 82.2 cm³/mol. The lowest BCUT2D eigenvalue weighted by molar-refractivity contribution is -0.141. The van der Waals surface area contributed by atoms with Gasteiger partial charge in [0.1, 0.15) is 6.04 Å². The van der Waals surface area contributed by atoms with Gasteiger partial charge in [0.05, 0.1) is 0 Å². The number of urea groups is 1. The van der Waals surface area contributed by atoms with Gasteiger partial charge in [-0.3, -0.25) is 0 Å². The summed E-state index contributed by atoms with van der Waals surface area (Å²) >= 11 is 2.14. The van der Waals surface area contributed by atoms with Gasteiger partial charge in [-0.2, -0.15) is 0 Å². The highest BCUT2D eigenvalue weighted by Gasteiger charge is 2.32. The molecule has 3 N–H and O–H groups in total. The monoisotopic (exact) mass is 376 g/mol. The van der Waals surface area contributed by atoms with Crippen molar-refractivity contribution < 1.29 is 14.7 Å². The Morgan fingerprint density at radius 2 is 1.95 bits per heavy atom. The molecule has 0 unspecified atom stereocenters. The van der Waals surface area contributed by atoms with Gasteiger partial charge in [-0.1, -0.05) is 26.8 Å². The Bertz CT molecular complexity index is 483. The number of benzene rings is 1. The number of halogens is 1. The fourth-order valence-electron chi connectivity index (χ4n) is 1.51. The lowest BCUT2D eigenvalue weighted by Gasteiger charge is -2.27. The number of carbonyl (C=O) groups is 2. The maximum Gasteiger partial charge on any atom is 0.326 e. The molecule has 0 heterocycles. The molecule has 0 radical (unpaired) electrons. The van der Waals surface area contributed by atoms with E-state index in [2.05, 4.69) is 33.2 Å². The van der Waals surface area contributed by atoms with E-state index < -0.39 is 23.5 Å². The van der Waals surface area contributed by atoms with Crippen molar-refractivity contribution in [3.8, 4) is 0 Å². The summed E-state index contributed by atoms with van der Waals surface area (Å²) in [6.07, 6.45) is 0. The van der Waals surface area contributed by atoms with Crippen LogP contribution in [-0.2, 0) is 4.79 Å². The van der Waals surface area contributed by atoms with Crippen molar-refractivity contribution in [2.24, 2.45) is 5.41 Å². The average molecular weight is 376 g/mol. The van der Waals surface area contributed by atoms with Gasteiger partial charge in [-0.05, 0) is 46.2 Å². The molecule has 1 rings (SSSR count). The summed E-state index contributed by atoms with van der Waals surface area (Å²) in [6, 6.07) is 5.79. The number of anilines is 1. The molecule has 1 aromatic carbocycles. The van der Waals surface area contributed by atoms with Crippen LogP contribution < -0.4 is 10.6 Å². The summed E-state index contributed by atoms with van der Waals surface area (Å²) in [6.45, 7) is 5.28. The molecule has 2 amide bonds. The van der Waals surface area contributed by atoms with Gasteiger partial charge in [0.15, 0.2) is 0 Å². The highest BCUT2D eigenvalue weighted by molar-refractivity contribution is 14.1. The number of rotatable bonds is 3. The number of hydrogen-bond donors (Lipinski definition) is 3. The van der Waals surface area contributed by atoms with Gasteiger partial charge >= 0.3 is 12.0 Å². The molecule has 6 heteroatoms. The molecule has 0 fully saturated rings. The first-order valence-electron chi connectivity index (χ1n) is 5.76. The van der Waals surface area contributed by atoms with Crippen LogP contribution >= 0.6 is 22.6 Å². The third-order valence-corrected chi connectivity index (χ3v) is 3.14. The number of hydrogen-bond acceptors (Lipinski definition) is 2. The van der Waals surface area contributed by atoms with Crippen LogP contribution in [0, 0.1) is 8.99 Å². The van der Waals surface area contributed by atoms with Gasteiger partial charge in [0.2, 0.25) is 0 Å². The summed E-state index contributed by atoms with van der Waals surface area (Å²) in [5.74, 6) is -1.05. The van der Waals surface area contributed by atoms with E-state index in [1.807, 2.05) is 12.1 Å². The smallest absolute Gasteiger partial charge is 0.326 e. The standard InChI is InChI=1S/C13H17IN2O3/c1-13(2,3)10(11(17)18)16-12(19)15-9-6-4-5-8(14)7-9/h4-7,10H,1-3H3,(H,17,18)(H2,15,16,19)/t10-/m1/s1. The second-order valence-corrected chi connectivity index (χ2v) is 6.49. The molecule has 0 aliphatic carbocycles. The van der Waals surface area contributed by atoms with Crippen molar-refractivity contribution in [3.63, 3.8) is 0 Å². The van der Waals surface area contributed by atoms with E-state index in [9.17, 15) is 9.59 Å². The second-order valence-electron chi connectivity index (χ2n) is 5.25. The van der Waals surface area contributed by atoms with Crippen molar-refractivity contribution in [3.05, 3.63) is 27.8 Å². The van der Waals surface area contributed by atoms with Crippen LogP contribution in [0.3, 0.4) is 0 Å². The third-order valence-electron chi connectivity index (χ3n) is 2.47. The van der Waals surface area contributed by atoms with Crippen molar-refractivity contribution >= 4 is 40.3 Å². The van der Waals surface area contributed by atoms with Gasteiger partial charge < -0.3 is 15.7 Å². The number of amides is 2. The summed E-state index contributed by atoms with van der Waals surface area (Å²) < 4.78 is 0.987. The lowest BCUT2D eigenvalue weighted by atomic mass is 9.87. The van der Waals surface area contributed by atoms with Crippen LogP contribution in [0.5, 0.6) is 0 Å². The number of carboxylic acid groups (broad SMARTS) is 1. The SMILES string of the molecule is CC(C)(C)[C@H](NC(=O)Nc1cccc(I)c1)C(=O)O. The Morgan fingerprint density at radius 3 is 2.42 bits per heavy atom. The first-order valence-corrected chi connectivity index (χ1v) is 6.84. The first-order chi connectivity index (χ1) is 8.70. The Hall–Kier alpha value is -1.31. The van der Waals surface area contributed by atoms with E-state index in [0.29, 0.717) is 5.69 Å². The zero-order valence-corrected chi connectivity index (χ0v) is 13.2. The molecule has 1 atom stereocenters. The maximum absolute atomic E-state index is 11.8. The van der Waals surface area contributed by atoms with E-state index in [0.717, 1.165) is 3.57 Å². The minimum Gasteiger partial charge on any atom is -0.480 e. The van der Waals surface area contributed by atoms with Gasteiger partial charge in [-0.15, -0.1) is 0 Å². The fraction of sp³-hybridized carbons (Fsp3) is 0.385. The molecule has 104 valence electrons. The minimum absolute atomic E-state index is 0.524.